The van der Waals surface area contributed by atoms with Crippen LogP contribution in [0.5, 0.6) is 0 Å². The van der Waals surface area contributed by atoms with Crippen molar-refractivity contribution >= 4 is 0 Å². The van der Waals surface area contributed by atoms with Crippen LogP contribution in [0.15, 0.2) is 12.5 Å². The van der Waals surface area contributed by atoms with Gasteiger partial charge in [-0.2, -0.15) is 13.2 Å². The van der Waals surface area contributed by atoms with E-state index in [9.17, 15) is 13.2 Å². The van der Waals surface area contributed by atoms with Gasteiger partial charge in [-0.1, -0.05) is 0 Å². The van der Waals surface area contributed by atoms with E-state index in [-0.39, 0.29) is 12.8 Å². The summed E-state index contributed by atoms with van der Waals surface area (Å²) in [6.07, 6.45) is -0.770. The topological polar surface area (TPSA) is 43.8 Å². The van der Waals surface area contributed by atoms with Crippen molar-refractivity contribution in [3.05, 3.63) is 18.2 Å². The van der Waals surface area contributed by atoms with Gasteiger partial charge in [0.05, 0.1) is 6.33 Å². The van der Waals surface area contributed by atoms with Crippen LogP contribution in [-0.4, -0.2) is 22.3 Å². The Morgan fingerprint density at radius 1 is 1.47 bits per heavy atom. The van der Waals surface area contributed by atoms with Crippen molar-refractivity contribution in [3.8, 4) is 0 Å². The maximum absolute atomic E-state index is 12.8. The van der Waals surface area contributed by atoms with Crippen LogP contribution in [0.4, 0.5) is 13.2 Å². The largest absolute Gasteiger partial charge is 0.411 e. The SMILES string of the molecule is NCCc1cncn1C1(C(F)(F)F)CC1. The zero-order valence-corrected chi connectivity index (χ0v) is 8.09. The molecule has 1 aromatic heterocycles. The summed E-state index contributed by atoms with van der Waals surface area (Å²) in [6.45, 7) is 0.333. The first-order valence-electron chi connectivity index (χ1n) is 4.80. The van der Waals surface area contributed by atoms with Crippen LogP contribution < -0.4 is 5.73 Å². The zero-order valence-electron chi connectivity index (χ0n) is 8.09. The summed E-state index contributed by atoms with van der Waals surface area (Å²) in [5.74, 6) is 0. The summed E-state index contributed by atoms with van der Waals surface area (Å²) < 4.78 is 39.6. The Bertz CT molecular complexity index is 352. The van der Waals surface area contributed by atoms with E-state index in [1.807, 2.05) is 0 Å². The van der Waals surface area contributed by atoms with Crippen molar-refractivity contribution in [3.63, 3.8) is 0 Å². The number of imidazole rings is 1. The molecule has 0 aromatic carbocycles. The molecule has 1 aromatic rings. The van der Waals surface area contributed by atoms with Crippen LogP contribution in [0.2, 0.25) is 0 Å². The molecule has 0 bridgehead atoms. The first kappa shape index (κ1) is 10.5. The molecular formula is C9H12F3N3. The van der Waals surface area contributed by atoms with Gasteiger partial charge in [0.25, 0.3) is 0 Å². The third kappa shape index (κ3) is 1.52. The fraction of sp³-hybridized carbons (Fsp3) is 0.667. The average molecular weight is 219 g/mol. The lowest BCUT2D eigenvalue weighted by atomic mass is 10.2. The smallest absolute Gasteiger partial charge is 0.330 e. The number of hydrogen-bond donors (Lipinski definition) is 1. The van der Waals surface area contributed by atoms with Crippen LogP contribution in [0.1, 0.15) is 18.5 Å². The maximum atomic E-state index is 12.8. The number of nitrogens with zero attached hydrogens (tertiary/aromatic N) is 2. The summed E-state index contributed by atoms with van der Waals surface area (Å²) in [5.41, 5.74) is 4.20. The summed E-state index contributed by atoms with van der Waals surface area (Å²) in [4.78, 5) is 3.77. The molecular weight excluding hydrogens is 207 g/mol. The van der Waals surface area contributed by atoms with Crippen LogP contribution in [0, 0.1) is 0 Å². The Morgan fingerprint density at radius 3 is 2.60 bits per heavy atom. The van der Waals surface area contributed by atoms with Gasteiger partial charge in [-0.05, 0) is 19.4 Å². The molecule has 2 N–H and O–H groups in total. The molecule has 0 atom stereocenters. The van der Waals surface area contributed by atoms with Gasteiger partial charge in [-0.25, -0.2) is 4.98 Å². The van der Waals surface area contributed by atoms with Crippen molar-refractivity contribution in [1.29, 1.82) is 0 Å². The van der Waals surface area contributed by atoms with Gasteiger partial charge in [0.1, 0.15) is 5.54 Å². The quantitative estimate of drug-likeness (QED) is 0.835. The van der Waals surface area contributed by atoms with Gasteiger partial charge in [0.15, 0.2) is 0 Å². The molecule has 0 unspecified atom stereocenters. The summed E-state index contributed by atoms with van der Waals surface area (Å²) in [5, 5.41) is 0. The molecule has 0 aliphatic heterocycles. The average Bonchev–Trinajstić information content (AvgIpc) is 2.83. The Kier molecular flexibility index (Phi) is 2.26. The van der Waals surface area contributed by atoms with E-state index in [1.54, 1.807) is 0 Å². The fourth-order valence-corrected chi connectivity index (χ4v) is 1.82. The van der Waals surface area contributed by atoms with E-state index >= 15 is 0 Å². The van der Waals surface area contributed by atoms with Crippen LogP contribution in [0.3, 0.4) is 0 Å². The van der Waals surface area contributed by atoms with Gasteiger partial charge in [-0.15, -0.1) is 0 Å². The van der Waals surface area contributed by atoms with Crippen LogP contribution >= 0.6 is 0 Å². The van der Waals surface area contributed by atoms with E-state index in [2.05, 4.69) is 4.98 Å². The van der Waals surface area contributed by atoms with E-state index in [0.29, 0.717) is 18.7 Å². The van der Waals surface area contributed by atoms with Crippen molar-refractivity contribution in [2.45, 2.75) is 31.0 Å². The lowest BCUT2D eigenvalue weighted by Gasteiger charge is -2.22. The Balaban J connectivity index is 2.33. The Morgan fingerprint density at radius 2 is 2.13 bits per heavy atom. The molecule has 1 aliphatic carbocycles. The molecule has 0 spiro atoms. The molecule has 1 fully saturated rings. The van der Waals surface area contributed by atoms with E-state index in [1.165, 1.54) is 17.1 Å². The second-order valence-electron chi connectivity index (χ2n) is 3.82. The molecule has 84 valence electrons. The number of rotatable bonds is 3. The second kappa shape index (κ2) is 3.23. The standard InChI is InChI=1S/C9H12F3N3/c10-9(11,12)8(2-3-8)15-6-14-5-7(15)1-4-13/h5-6H,1-4,13H2. The lowest BCUT2D eigenvalue weighted by Crippen LogP contribution is -2.35. The Hall–Kier alpha value is -1.04. The third-order valence-electron chi connectivity index (χ3n) is 2.83. The van der Waals surface area contributed by atoms with Crippen LogP contribution in [-0.2, 0) is 12.0 Å². The highest BCUT2D eigenvalue weighted by Gasteiger charge is 2.65. The van der Waals surface area contributed by atoms with Crippen LogP contribution in [0.25, 0.3) is 0 Å². The first-order chi connectivity index (χ1) is 7.01. The van der Waals surface area contributed by atoms with E-state index in [0.717, 1.165) is 0 Å². The van der Waals surface area contributed by atoms with Crippen molar-refractivity contribution < 1.29 is 13.2 Å². The highest BCUT2D eigenvalue weighted by atomic mass is 19.4. The molecule has 0 radical (unpaired) electrons. The first-order valence-corrected chi connectivity index (χ1v) is 4.80. The highest BCUT2D eigenvalue weighted by molar-refractivity contribution is 5.14. The number of halogens is 3. The minimum Gasteiger partial charge on any atom is -0.330 e. The lowest BCUT2D eigenvalue weighted by molar-refractivity contribution is -0.180. The van der Waals surface area contributed by atoms with Gasteiger partial charge in [-0.3, -0.25) is 0 Å². The fourth-order valence-electron chi connectivity index (χ4n) is 1.82. The normalized spacial score (nSPS) is 19.2. The van der Waals surface area contributed by atoms with Crippen molar-refractivity contribution in [2.24, 2.45) is 5.73 Å². The molecule has 6 heteroatoms. The number of alkyl halides is 3. The summed E-state index contributed by atoms with van der Waals surface area (Å²) in [6, 6.07) is 0. The third-order valence-corrected chi connectivity index (χ3v) is 2.83. The molecule has 1 heterocycles. The summed E-state index contributed by atoms with van der Waals surface area (Å²) >= 11 is 0. The number of aromatic nitrogens is 2. The second-order valence-corrected chi connectivity index (χ2v) is 3.82. The van der Waals surface area contributed by atoms with E-state index < -0.39 is 11.7 Å². The van der Waals surface area contributed by atoms with Gasteiger partial charge >= 0.3 is 6.18 Å². The maximum Gasteiger partial charge on any atom is 0.411 e. The van der Waals surface area contributed by atoms with Gasteiger partial charge in [0.2, 0.25) is 0 Å². The van der Waals surface area contributed by atoms with E-state index in [4.69, 9.17) is 5.73 Å². The minimum absolute atomic E-state index is 0.143. The predicted molar refractivity (Wildman–Crippen MR) is 48.2 cm³/mol. The van der Waals surface area contributed by atoms with Crippen molar-refractivity contribution in [1.82, 2.24) is 9.55 Å². The molecule has 2 rings (SSSR count). The zero-order chi connectivity index (χ0) is 11.1. The Labute approximate surface area is 85.1 Å². The number of hydrogen-bond acceptors (Lipinski definition) is 2. The highest BCUT2D eigenvalue weighted by Crippen LogP contribution is 2.55. The van der Waals surface area contributed by atoms with Gasteiger partial charge < -0.3 is 10.3 Å². The molecule has 0 amide bonds. The predicted octanol–water partition coefficient (Wildman–Crippen LogP) is 1.44. The molecule has 0 saturated heterocycles. The molecule has 3 nitrogen and oxygen atoms in total. The monoisotopic (exact) mass is 219 g/mol. The molecule has 1 aliphatic rings. The minimum atomic E-state index is -4.20. The van der Waals surface area contributed by atoms with Crippen molar-refractivity contribution in [2.75, 3.05) is 6.54 Å². The number of nitrogens with two attached hydrogens (primary N) is 1. The summed E-state index contributed by atoms with van der Waals surface area (Å²) in [7, 11) is 0. The van der Waals surface area contributed by atoms with Gasteiger partial charge in [0, 0.05) is 18.3 Å². The molecule has 1 saturated carbocycles. The molecule has 15 heavy (non-hydrogen) atoms.